The zero-order valence-corrected chi connectivity index (χ0v) is 26.7. The number of anilines is 1. The van der Waals surface area contributed by atoms with Crippen molar-refractivity contribution in [3.8, 4) is 11.5 Å². The predicted octanol–water partition coefficient (Wildman–Crippen LogP) is 8.34. The highest BCUT2D eigenvalue weighted by molar-refractivity contribution is 7.98. The summed E-state index contributed by atoms with van der Waals surface area (Å²) in [5.74, 6) is 0.347. The molecule has 9 heteroatoms. The Morgan fingerprint density at radius 3 is 2.28 bits per heavy atom. The Hall–Kier alpha value is -2.58. The van der Waals surface area contributed by atoms with E-state index in [2.05, 4.69) is 5.32 Å². The monoisotopic (exact) mass is 583 g/mol. The lowest BCUT2D eigenvalue weighted by Crippen LogP contribution is -2.24. The Labute approximate surface area is 244 Å². The summed E-state index contributed by atoms with van der Waals surface area (Å²) in [7, 11) is 1.59. The molecule has 220 valence electrons. The minimum atomic E-state index is -0.852. The van der Waals surface area contributed by atoms with Crippen molar-refractivity contribution < 1.29 is 28.5 Å². The normalized spacial score (nSPS) is 11.1. The summed E-state index contributed by atoms with van der Waals surface area (Å²) < 4.78 is 22.0. The Kier molecular flexibility index (Phi) is 18.2. The lowest BCUT2D eigenvalue weighted by molar-refractivity contribution is -0.155. The fourth-order valence-electron chi connectivity index (χ4n) is 3.21. The smallest absolute Gasteiger partial charge is 0.333 e. The van der Waals surface area contributed by atoms with Crippen LogP contribution >= 0.6 is 23.4 Å². The molecule has 7 nitrogen and oxygen atoms in total. The van der Waals surface area contributed by atoms with Crippen molar-refractivity contribution in [1.82, 2.24) is 0 Å². The molecule has 0 saturated carbocycles. The van der Waals surface area contributed by atoms with E-state index in [0.717, 1.165) is 4.90 Å². The molecule has 0 amide bonds. The number of carbonyl (C=O) groups excluding carboxylic acids is 2. The van der Waals surface area contributed by atoms with Crippen molar-refractivity contribution in [1.29, 1.82) is 0 Å². The molecular weight excluding hydrogens is 538 g/mol. The highest BCUT2D eigenvalue weighted by Gasteiger charge is 2.26. The lowest BCUT2D eigenvalue weighted by Gasteiger charge is -2.22. The van der Waals surface area contributed by atoms with Gasteiger partial charge in [-0.05, 0) is 64.6 Å². The van der Waals surface area contributed by atoms with E-state index in [4.69, 9.17) is 30.5 Å². The second kappa shape index (κ2) is 19.5. The predicted molar refractivity (Wildman–Crippen MR) is 162 cm³/mol. The molecule has 0 saturated heterocycles. The van der Waals surface area contributed by atoms with Crippen LogP contribution in [0.2, 0.25) is 5.02 Å². The van der Waals surface area contributed by atoms with Crippen molar-refractivity contribution in [2.45, 2.75) is 84.8 Å². The summed E-state index contributed by atoms with van der Waals surface area (Å²) in [6.45, 7) is 15.7. The molecule has 2 rings (SSSR count). The maximum absolute atomic E-state index is 13.0. The molecule has 0 spiro atoms. The number of methoxy groups -OCH3 is 1. The Bertz CT molecular complexity index is 987. The van der Waals surface area contributed by atoms with E-state index in [1.165, 1.54) is 0 Å². The fourth-order valence-corrected chi connectivity index (χ4v) is 3.85. The van der Waals surface area contributed by atoms with Crippen LogP contribution in [0.25, 0.3) is 0 Å². The second-order valence-corrected chi connectivity index (χ2v) is 9.97. The van der Waals surface area contributed by atoms with Crippen molar-refractivity contribution >= 4 is 41.0 Å². The molecule has 0 aromatic heterocycles. The van der Waals surface area contributed by atoms with E-state index in [1.54, 1.807) is 44.0 Å². The van der Waals surface area contributed by atoms with E-state index in [-0.39, 0.29) is 25.6 Å². The number of rotatable bonds is 12. The Morgan fingerprint density at radius 1 is 1.05 bits per heavy atom. The number of benzene rings is 2. The topological polar surface area (TPSA) is 83.1 Å². The highest BCUT2D eigenvalue weighted by atomic mass is 35.5. The van der Waals surface area contributed by atoms with Crippen molar-refractivity contribution in [2.24, 2.45) is 0 Å². The van der Waals surface area contributed by atoms with Crippen molar-refractivity contribution in [2.75, 3.05) is 31.9 Å². The number of halogens is 1. The number of hydrogen-bond donors (Lipinski definition) is 1. The first-order chi connectivity index (χ1) is 18.6. The zero-order chi connectivity index (χ0) is 30.0. The summed E-state index contributed by atoms with van der Waals surface area (Å²) in [5.41, 5.74) is 0.726. The van der Waals surface area contributed by atoms with Crippen LogP contribution in [0.3, 0.4) is 0 Å². The van der Waals surface area contributed by atoms with E-state index < -0.39 is 17.6 Å². The molecule has 2 aromatic carbocycles. The van der Waals surface area contributed by atoms with Crippen LogP contribution in [-0.2, 0) is 19.1 Å². The van der Waals surface area contributed by atoms with Gasteiger partial charge in [-0.3, -0.25) is 4.79 Å². The maximum Gasteiger partial charge on any atom is 0.333 e. The van der Waals surface area contributed by atoms with Gasteiger partial charge in [0, 0.05) is 33.7 Å². The number of ether oxygens (including phenoxy) is 4. The number of thioether (sulfide) groups is 1. The molecule has 1 unspecified atom stereocenters. The van der Waals surface area contributed by atoms with Gasteiger partial charge in [0.05, 0.1) is 20.3 Å². The molecule has 0 aliphatic heterocycles. The van der Waals surface area contributed by atoms with Crippen molar-refractivity contribution in [3.05, 3.63) is 47.0 Å². The molecule has 39 heavy (non-hydrogen) atoms. The molecular formula is C30H46ClNO6S. The third kappa shape index (κ3) is 13.9. The summed E-state index contributed by atoms with van der Waals surface area (Å²) in [6, 6.07) is 9.87. The second-order valence-electron chi connectivity index (χ2n) is 8.65. The highest BCUT2D eigenvalue weighted by Crippen LogP contribution is 2.34. The molecule has 0 heterocycles. The van der Waals surface area contributed by atoms with Gasteiger partial charge in [0.15, 0.2) is 6.04 Å². The van der Waals surface area contributed by atoms with Crippen LogP contribution in [0.5, 0.6) is 11.5 Å². The van der Waals surface area contributed by atoms with Crippen molar-refractivity contribution in [3.63, 3.8) is 0 Å². The standard InChI is InChI=1S/C26H34ClNO6S.2C2H6/c1-7-32-25(30)24(28-18-14-19(31-5)16-20(15-18)35-6)21-11-10-17(27)13-22(21)33-12-8-9-23(29)34-26(2,3)4;2*1-2/h10-11,13-16,24,28H,7-9,12H2,1-6H3;2*1-2H3. The first-order valence-electron chi connectivity index (χ1n) is 13.4. The van der Waals surface area contributed by atoms with Crippen LogP contribution in [0.1, 0.15) is 79.8 Å². The van der Waals surface area contributed by atoms with E-state index in [0.29, 0.717) is 34.2 Å². The van der Waals surface area contributed by atoms with E-state index in [9.17, 15) is 9.59 Å². The first kappa shape index (κ1) is 36.4. The minimum Gasteiger partial charge on any atom is -0.497 e. The van der Waals surface area contributed by atoms with Gasteiger partial charge >= 0.3 is 11.9 Å². The average molecular weight is 584 g/mol. The Morgan fingerprint density at radius 2 is 1.72 bits per heavy atom. The third-order valence-electron chi connectivity index (χ3n) is 4.67. The molecule has 0 bridgehead atoms. The van der Waals surface area contributed by atoms with Gasteiger partial charge in [-0.25, -0.2) is 4.79 Å². The van der Waals surface area contributed by atoms with Gasteiger partial charge in [-0.2, -0.15) is 0 Å². The summed E-state index contributed by atoms with van der Waals surface area (Å²) >= 11 is 7.79. The van der Waals surface area contributed by atoms with Gasteiger partial charge < -0.3 is 24.3 Å². The third-order valence-corrected chi connectivity index (χ3v) is 5.62. The molecule has 1 atom stereocenters. The van der Waals surface area contributed by atoms with E-state index in [1.807, 2.05) is 72.9 Å². The SMILES string of the molecule is CC.CC.CCOC(=O)C(Nc1cc(OC)cc(SC)c1)c1ccc(Cl)cc1OCCCC(=O)OC(C)(C)C. The fraction of sp³-hybridized carbons (Fsp3) is 0.533. The molecule has 0 radical (unpaired) electrons. The first-order valence-corrected chi connectivity index (χ1v) is 15.0. The van der Waals surface area contributed by atoms with Crippen LogP contribution < -0.4 is 14.8 Å². The van der Waals surface area contributed by atoms with Gasteiger partial charge in [-0.15, -0.1) is 11.8 Å². The summed E-state index contributed by atoms with van der Waals surface area (Å²) in [6.07, 6.45) is 2.63. The quantitative estimate of drug-likeness (QED) is 0.152. The van der Waals surface area contributed by atoms with Gasteiger partial charge in [-0.1, -0.05) is 45.4 Å². The average Bonchev–Trinajstić information content (AvgIpc) is 2.91. The van der Waals surface area contributed by atoms with Crippen LogP contribution in [-0.4, -0.2) is 44.1 Å². The molecule has 2 aromatic rings. The zero-order valence-electron chi connectivity index (χ0n) is 25.1. The number of nitrogens with one attached hydrogen (secondary N) is 1. The molecule has 0 aliphatic carbocycles. The number of hydrogen-bond acceptors (Lipinski definition) is 8. The van der Waals surface area contributed by atoms with Gasteiger partial charge in [0.2, 0.25) is 0 Å². The largest absolute Gasteiger partial charge is 0.497 e. The number of carbonyl (C=O) groups is 2. The molecule has 0 fully saturated rings. The molecule has 1 N–H and O–H groups in total. The van der Waals surface area contributed by atoms with Crippen LogP contribution in [0.4, 0.5) is 5.69 Å². The minimum absolute atomic E-state index is 0.216. The summed E-state index contributed by atoms with van der Waals surface area (Å²) in [4.78, 5) is 25.9. The van der Waals surface area contributed by atoms with Gasteiger partial charge in [0.1, 0.15) is 17.1 Å². The Balaban J connectivity index is 0.00000344. The number of esters is 2. The molecule has 0 aliphatic rings. The van der Waals surface area contributed by atoms with Gasteiger partial charge in [0.25, 0.3) is 0 Å². The lowest BCUT2D eigenvalue weighted by atomic mass is 10.0. The van der Waals surface area contributed by atoms with E-state index >= 15 is 0 Å². The summed E-state index contributed by atoms with van der Waals surface area (Å²) in [5, 5.41) is 3.72. The maximum atomic E-state index is 13.0. The van der Waals surface area contributed by atoms with Crippen LogP contribution in [0.15, 0.2) is 41.3 Å². The van der Waals surface area contributed by atoms with Crippen LogP contribution in [0, 0.1) is 0 Å².